The molecule has 1 saturated carbocycles. The first kappa shape index (κ1) is 12.0. The van der Waals surface area contributed by atoms with Gasteiger partial charge in [0.2, 0.25) is 0 Å². The molecule has 2 nitrogen and oxygen atoms in total. The van der Waals surface area contributed by atoms with E-state index in [9.17, 15) is 0 Å². The first-order valence-electron chi connectivity index (χ1n) is 6.01. The van der Waals surface area contributed by atoms with Crippen molar-refractivity contribution >= 4 is 0 Å². The highest BCUT2D eigenvalue weighted by molar-refractivity contribution is 4.82. The van der Waals surface area contributed by atoms with Gasteiger partial charge >= 0.3 is 0 Å². The fourth-order valence-electron chi connectivity index (χ4n) is 2.04. The third-order valence-corrected chi connectivity index (χ3v) is 3.69. The Morgan fingerprint density at radius 1 is 1.36 bits per heavy atom. The van der Waals surface area contributed by atoms with Gasteiger partial charge in [-0.25, -0.2) is 0 Å². The minimum absolute atomic E-state index is 0.433. The fourth-order valence-corrected chi connectivity index (χ4v) is 2.04. The number of rotatable bonds is 5. The van der Waals surface area contributed by atoms with Gasteiger partial charge in [-0.2, -0.15) is 0 Å². The van der Waals surface area contributed by atoms with Gasteiger partial charge in [0.05, 0.1) is 0 Å². The zero-order chi connectivity index (χ0) is 10.6. The monoisotopic (exact) mass is 198 g/mol. The molecule has 84 valence electrons. The van der Waals surface area contributed by atoms with Gasteiger partial charge in [-0.1, -0.05) is 27.2 Å². The molecule has 0 aromatic carbocycles. The third-order valence-electron chi connectivity index (χ3n) is 3.69. The Hall–Kier alpha value is -0.0800. The van der Waals surface area contributed by atoms with Gasteiger partial charge in [-0.05, 0) is 37.1 Å². The minimum atomic E-state index is 0.433. The van der Waals surface area contributed by atoms with Crippen LogP contribution in [0.4, 0.5) is 0 Å². The molecule has 0 bridgehead atoms. The van der Waals surface area contributed by atoms with Crippen LogP contribution in [0.1, 0.15) is 46.5 Å². The summed E-state index contributed by atoms with van der Waals surface area (Å²) in [5, 5.41) is 3.57. The quantitative estimate of drug-likeness (QED) is 0.710. The average Bonchev–Trinajstić information content (AvgIpc) is 2.52. The smallest absolute Gasteiger partial charge is 0.00792 e. The van der Waals surface area contributed by atoms with Gasteiger partial charge in [-0.15, -0.1) is 0 Å². The zero-order valence-electron chi connectivity index (χ0n) is 9.97. The molecule has 2 heteroatoms. The van der Waals surface area contributed by atoms with Crippen molar-refractivity contribution in [2.24, 2.45) is 17.1 Å². The molecule has 1 rings (SSSR count). The Morgan fingerprint density at radius 3 is 2.57 bits per heavy atom. The van der Waals surface area contributed by atoms with Crippen LogP contribution < -0.4 is 11.1 Å². The Bertz CT molecular complexity index is 166. The lowest BCUT2D eigenvalue weighted by atomic mass is 9.90. The predicted molar refractivity (Wildman–Crippen MR) is 62.3 cm³/mol. The summed E-state index contributed by atoms with van der Waals surface area (Å²) >= 11 is 0. The van der Waals surface area contributed by atoms with E-state index < -0.39 is 0 Å². The maximum absolute atomic E-state index is 6.02. The second-order valence-corrected chi connectivity index (χ2v) is 5.50. The van der Waals surface area contributed by atoms with Crippen LogP contribution >= 0.6 is 0 Å². The summed E-state index contributed by atoms with van der Waals surface area (Å²) < 4.78 is 0. The Morgan fingerprint density at radius 2 is 2.07 bits per heavy atom. The van der Waals surface area contributed by atoms with Crippen molar-refractivity contribution in [2.45, 2.75) is 52.5 Å². The SMILES string of the molecule is CCC(C)(C)CNCC1CCCC1N. The van der Waals surface area contributed by atoms with Gasteiger partial charge < -0.3 is 11.1 Å². The standard InChI is InChI=1S/C12H26N2/c1-4-12(2,3)9-14-8-10-6-5-7-11(10)13/h10-11,14H,4-9,13H2,1-3H3. The molecule has 0 aliphatic heterocycles. The summed E-state index contributed by atoms with van der Waals surface area (Å²) in [7, 11) is 0. The topological polar surface area (TPSA) is 38.0 Å². The van der Waals surface area contributed by atoms with E-state index in [4.69, 9.17) is 5.73 Å². The molecule has 2 unspecified atom stereocenters. The van der Waals surface area contributed by atoms with E-state index in [-0.39, 0.29) is 0 Å². The highest BCUT2D eigenvalue weighted by Crippen LogP contribution is 2.24. The number of hydrogen-bond donors (Lipinski definition) is 2. The lowest BCUT2D eigenvalue weighted by Gasteiger charge is -2.25. The summed E-state index contributed by atoms with van der Waals surface area (Å²) in [6, 6.07) is 0.451. The number of nitrogens with two attached hydrogens (primary N) is 1. The molecule has 0 heterocycles. The first-order chi connectivity index (χ1) is 6.55. The summed E-state index contributed by atoms with van der Waals surface area (Å²) in [6.07, 6.45) is 5.10. The van der Waals surface area contributed by atoms with E-state index in [1.54, 1.807) is 0 Å². The summed E-state index contributed by atoms with van der Waals surface area (Å²) in [4.78, 5) is 0. The van der Waals surface area contributed by atoms with Gasteiger partial charge in [0.1, 0.15) is 0 Å². The third kappa shape index (κ3) is 3.58. The molecule has 0 saturated heterocycles. The van der Waals surface area contributed by atoms with Crippen molar-refractivity contribution in [3.63, 3.8) is 0 Å². The lowest BCUT2D eigenvalue weighted by Crippen LogP contribution is -2.37. The first-order valence-corrected chi connectivity index (χ1v) is 6.01. The largest absolute Gasteiger partial charge is 0.327 e. The van der Waals surface area contributed by atoms with Crippen LogP contribution in [0.3, 0.4) is 0 Å². The fraction of sp³-hybridized carbons (Fsp3) is 1.00. The highest BCUT2D eigenvalue weighted by Gasteiger charge is 2.24. The van der Waals surface area contributed by atoms with E-state index in [0.29, 0.717) is 11.5 Å². The van der Waals surface area contributed by atoms with E-state index >= 15 is 0 Å². The molecule has 1 fully saturated rings. The Balaban J connectivity index is 2.15. The molecule has 0 amide bonds. The molecule has 0 radical (unpaired) electrons. The average molecular weight is 198 g/mol. The second-order valence-electron chi connectivity index (χ2n) is 5.50. The van der Waals surface area contributed by atoms with Crippen molar-refractivity contribution in [2.75, 3.05) is 13.1 Å². The summed E-state index contributed by atoms with van der Waals surface area (Å²) in [5.41, 5.74) is 6.45. The predicted octanol–water partition coefficient (Wildman–Crippen LogP) is 2.14. The highest BCUT2D eigenvalue weighted by atomic mass is 14.9. The number of hydrogen-bond acceptors (Lipinski definition) is 2. The van der Waals surface area contributed by atoms with Crippen LogP contribution in [0, 0.1) is 11.3 Å². The van der Waals surface area contributed by atoms with Gasteiger partial charge in [0.25, 0.3) is 0 Å². The summed E-state index contributed by atoms with van der Waals surface area (Å²) in [5.74, 6) is 0.725. The normalized spacial score (nSPS) is 28.3. The molecular formula is C12H26N2. The van der Waals surface area contributed by atoms with E-state index in [2.05, 4.69) is 26.1 Å². The molecule has 0 aromatic heterocycles. The molecule has 3 N–H and O–H groups in total. The van der Waals surface area contributed by atoms with Crippen LogP contribution in [-0.2, 0) is 0 Å². The van der Waals surface area contributed by atoms with Crippen LogP contribution in [0.15, 0.2) is 0 Å². The molecule has 1 aliphatic carbocycles. The molecule has 0 spiro atoms. The van der Waals surface area contributed by atoms with E-state index in [1.807, 2.05) is 0 Å². The van der Waals surface area contributed by atoms with E-state index in [0.717, 1.165) is 19.0 Å². The van der Waals surface area contributed by atoms with Crippen molar-refractivity contribution < 1.29 is 0 Å². The maximum atomic E-state index is 6.02. The van der Waals surface area contributed by atoms with Crippen LogP contribution in [0.25, 0.3) is 0 Å². The maximum Gasteiger partial charge on any atom is 0.00792 e. The lowest BCUT2D eigenvalue weighted by molar-refractivity contribution is 0.311. The van der Waals surface area contributed by atoms with E-state index in [1.165, 1.54) is 25.7 Å². The molecular weight excluding hydrogens is 172 g/mol. The second kappa shape index (κ2) is 5.13. The van der Waals surface area contributed by atoms with Crippen molar-refractivity contribution in [1.82, 2.24) is 5.32 Å². The summed E-state index contributed by atoms with van der Waals surface area (Å²) in [6.45, 7) is 9.11. The minimum Gasteiger partial charge on any atom is -0.327 e. The molecule has 2 atom stereocenters. The van der Waals surface area contributed by atoms with Crippen LogP contribution in [0.2, 0.25) is 0 Å². The Labute approximate surface area is 88.6 Å². The van der Waals surface area contributed by atoms with Crippen LogP contribution in [-0.4, -0.2) is 19.1 Å². The van der Waals surface area contributed by atoms with Crippen LogP contribution in [0.5, 0.6) is 0 Å². The van der Waals surface area contributed by atoms with Crippen molar-refractivity contribution in [3.05, 3.63) is 0 Å². The Kier molecular flexibility index (Phi) is 4.39. The van der Waals surface area contributed by atoms with Crippen molar-refractivity contribution in [3.8, 4) is 0 Å². The molecule has 0 aromatic rings. The molecule has 14 heavy (non-hydrogen) atoms. The van der Waals surface area contributed by atoms with Crippen molar-refractivity contribution in [1.29, 1.82) is 0 Å². The van der Waals surface area contributed by atoms with Gasteiger partial charge in [-0.3, -0.25) is 0 Å². The zero-order valence-corrected chi connectivity index (χ0v) is 9.97. The van der Waals surface area contributed by atoms with Gasteiger partial charge in [0, 0.05) is 12.6 Å². The number of nitrogens with one attached hydrogen (secondary N) is 1. The van der Waals surface area contributed by atoms with Gasteiger partial charge in [0.15, 0.2) is 0 Å². The molecule has 1 aliphatic rings.